The standard InChI is InChI=1S/C10H15NO4/c1-4-5-11-6-7-8(12)14-10(2,3)15-9(7)13/h6,11H,4-5H2,1-3H3. The van der Waals surface area contributed by atoms with E-state index in [2.05, 4.69) is 5.32 Å². The van der Waals surface area contributed by atoms with Gasteiger partial charge in [0.05, 0.1) is 0 Å². The quantitative estimate of drug-likeness (QED) is 0.323. The Bertz CT molecular complexity index is 285. The highest BCUT2D eigenvalue weighted by molar-refractivity contribution is 6.15. The second-order valence-electron chi connectivity index (χ2n) is 3.69. The second kappa shape index (κ2) is 4.33. The van der Waals surface area contributed by atoms with Gasteiger partial charge in [0.2, 0.25) is 0 Å². The highest BCUT2D eigenvalue weighted by atomic mass is 16.7. The Kier molecular flexibility index (Phi) is 3.34. The number of carbonyl (C=O) groups excluding carboxylic acids is 2. The zero-order valence-corrected chi connectivity index (χ0v) is 9.12. The van der Waals surface area contributed by atoms with Crippen LogP contribution in [0.15, 0.2) is 11.8 Å². The average molecular weight is 213 g/mol. The van der Waals surface area contributed by atoms with Crippen molar-refractivity contribution in [1.29, 1.82) is 0 Å². The minimum Gasteiger partial charge on any atom is -0.419 e. The highest BCUT2D eigenvalue weighted by Crippen LogP contribution is 2.21. The zero-order valence-electron chi connectivity index (χ0n) is 9.12. The lowest BCUT2D eigenvalue weighted by Gasteiger charge is -2.29. The first-order valence-corrected chi connectivity index (χ1v) is 4.86. The molecule has 1 N–H and O–H groups in total. The molecular formula is C10H15NO4. The fraction of sp³-hybridized carbons (Fsp3) is 0.600. The van der Waals surface area contributed by atoms with Crippen LogP contribution >= 0.6 is 0 Å². The van der Waals surface area contributed by atoms with Crippen molar-refractivity contribution in [1.82, 2.24) is 5.32 Å². The number of hydrogen-bond donors (Lipinski definition) is 1. The molecule has 0 atom stereocenters. The lowest BCUT2D eigenvalue weighted by atomic mass is 10.2. The molecule has 5 nitrogen and oxygen atoms in total. The summed E-state index contributed by atoms with van der Waals surface area (Å²) in [4.78, 5) is 22.8. The lowest BCUT2D eigenvalue weighted by molar-refractivity contribution is -0.222. The van der Waals surface area contributed by atoms with Crippen LogP contribution in [0.5, 0.6) is 0 Å². The Labute approximate surface area is 88.4 Å². The number of ether oxygens (including phenoxy) is 2. The van der Waals surface area contributed by atoms with E-state index < -0.39 is 17.7 Å². The lowest BCUT2D eigenvalue weighted by Crippen LogP contribution is -2.42. The summed E-state index contributed by atoms with van der Waals surface area (Å²) in [5.41, 5.74) is -0.0947. The van der Waals surface area contributed by atoms with Crippen molar-refractivity contribution >= 4 is 11.9 Å². The van der Waals surface area contributed by atoms with Crippen molar-refractivity contribution in [3.63, 3.8) is 0 Å². The summed E-state index contributed by atoms with van der Waals surface area (Å²) in [6, 6.07) is 0. The van der Waals surface area contributed by atoms with Gasteiger partial charge in [-0.2, -0.15) is 0 Å². The molecule has 0 amide bonds. The minimum absolute atomic E-state index is 0.0947. The van der Waals surface area contributed by atoms with Gasteiger partial charge in [0.15, 0.2) is 5.57 Å². The Morgan fingerprint density at radius 3 is 2.27 bits per heavy atom. The molecule has 1 heterocycles. The molecule has 0 aliphatic carbocycles. The molecule has 0 aromatic heterocycles. The number of rotatable bonds is 3. The Morgan fingerprint density at radius 1 is 1.27 bits per heavy atom. The number of carbonyl (C=O) groups is 2. The number of esters is 2. The van der Waals surface area contributed by atoms with Crippen LogP contribution in [0.25, 0.3) is 0 Å². The van der Waals surface area contributed by atoms with Gasteiger partial charge in [-0.05, 0) is 6.42 Å². The number of cyclic esters (lactones) is 2. The van der Waals surface area contributed by atoms with Crippen molar-refractivity contribution in [3.8, 4) is 0 Å². The Hall–Kier alpha value is -1.52. The second-order valence-corrected chi connectivity index (χ2v) is 3.69. The van der Waals surface area contributed by atoms with Gasteiger partial charge >= 0.3 is 11.9 Å². The average Bonchev–Trinajstić information content (AvgIpc) is 2.08. The molecule has 0 aromatic rings. The van der Waals surface area contributed by atoms with E-state index in [0.29, 0.717) is 6.54 Å². The summed E-state index contributed by atoms with van der Waals surface area (Å²) in [6.45, 7) is 5.69. The van der Waals surface area contributed by atoms with E-state index in [9.17, 15) is 9.59 Å². The summed E-state index contributed by atoms with van der Waals surface area (Å²) in [5, 5.41) is 2.83. The van der Waals surface area contributed by atoms with Gasteiger partial charge in [0, 0.05) is 26.6 Å². The van der Waals surface area contributed by atoms with Gasteiger partial charge in [0.25, 0.3) is 5.79 Å². The van der Waals surface area contributed by atoms with E-state index >= 15 is 0 Å². The van der Waals surface area contributed by atoms with E-state index in [1.807, 2.05) is 6.92 Å². The number of nitrogens with one attached hydrogen (secondary N) is 1. The van der Waals surface area contributed by atoms with Crippen molar-refractivity contribution in [2.75, 3.05) is 6.54 Å². The van der Waals surface area contributed by atoms with Crippen LogP contribution < -0.4 is 5.32 Å². The molecule has 0 unspecified atom stereocenters. The van der Waals surface area contributed by atoms with Crippen LogP contribution in [0.3, 0.4) is 0 Å². The van der Waals surface area contributed by atoms with Gasteiger partial charge in [-0.1, -0.05) is 6.92 Å². The largest absolute Gasteiger partial charge is 0.419 e. The molecule has 1 aliphatic heterocycles. The normalized spacial score (nSPS) is 19.3. The zero-order chi connectivity index (χ0) is 11.5. The third-order valence-corrected chi connectivity index (χ3v) is 1.76. The van der Waals surface area contributed by atoms with Crippen LogP contribution in [-0.2, 0) is 19.1 Å². The van der Waals surface area contributed by atoms with Crippen molar-refractivity contribution in [2.24, 2.45) is 0 Å². The maximum absolute atomic E-state index is 11.4. The predicted molar refractivity (Wildman–Crippen MR) is 52.6 cm³/mol. The third-order valence-electron chi connectivity index (χ3n) is 1.76. The maximum atomic E-state index is 11.4. The molecule has 1 saturated heterocycles. The van der Waals surface area contributed by atoms with Crippen LogP contribution in [-0.4, -0.2) is 24.3 Å². The van der Waals surface area contributed by atoms with Gasteiger partial charge in [-0.15, -0.1) is 0 Å². The highest BCUT2D eigenvalue weighted by Gasteiger charge is 2.38. The van der Waals surface area contributed by atoms with E-state index in [-0.39, 0.29) is 5.57 Å². The SMILES string of the molecule is CCCNC=C1C(=O)OC(C)(C)OC1=O. The Morgan fingerprint density at radius 2 is 1.80 bits per heavy atom. The minimum atomic E-state index is -1.17. The van der Waals surface area contributed by atoms with Gasteiger partial charge < -0.3 is 14.8 Å². The monoisotopic (exact) mass is 213 g/mol. The molecule has 0 spiro atoms. The molecule has 0 aromatic carbocycles. The molecule has 5 heteroatoms. The maximum Gasteiger partial charge on any atom is 0.350 e. The predicted octanol–water partition coefficient (Wildman–Crippen LogP) is 0.706. The summed E-state index contributed by atoms with van der Waals surface area (Å²) < 4.78 is 9.79. The fourth-order valence-electron chi connectivity index (χ4n) is 1.10. The first-order valence-electron chi connectivity index (χ1n) is 4.86. The van der Waals surface area contributed by atoms with Gasteiger partial charge in [-0.3, -0.25) is 0 Å². The fourth-order valence-corrected chi connectivity index (χ4v) is 1.10. The van der Waals surface area contributed by atoms with E-state index in [0.717, 1.165) is 6.42 Å². The van der Waals surface area contributed by atoms with Crippen LogP contribution in [0.4, 0.5) is 0 Å². The van der Waals surface area contributed by atoms with E-state index in [1.54, 1.807) is 0 Å². The van der Waals surface area contributed by atoms with Crippen LogP contribution in [0.2, 0.25) is 0 Å². The van der Waals surface area contributed by atoms with Gasteiger partial charge in [-0.25, -0.2) is 9.59 Å². The molecule has 84 valence electrons. The smallest absolute Gasteiger partial charge is 0.350 e. The summed E-state index contributed by atoms with van der Waals surface area (Å²) in [7, 11) is 0. The summed E-state index contributed by atoms with van der Waals surface area (Å²) in [5.74, 6) is -2.48. The van der Waals surface area contributed by atoms with Crippen molar-refractivity contribution in [3.05, 3.63) is 11.8 Å². The molecule has 0 bridgehead atoms. The molecule has 0 radical (unpaired) electrons. The van der Waals surface area contributed by atoms with E-state index in [4.69, 9.17) is 9.47 Å². The molecule has 1 aliphatic rings. The molecule has 1 rings (SSSR count). The van der Waals surface area contributed by atoms with Crippen LogP contribution in [0.1, 0.15) is 27.2 Å². The number of hydrogen-bond acceptors (Lipinski definition) is 5. The van der Waals surface area contributed by atoms with E-state index in [1.165, 1.54) is 20.0 Å². The summed E-state index contributed by atoms with van der Waals surface area (Å²) >= 11 is 0. The molecule has 1 fully saturated rings. The van der Waals surface area contributed by atoms with Gasteiger partial charge in [0.1, 0.15) is 0 Å². The van der Waals surface area contributed by atoms with Crippen LogP contribution in [0, 0.1) is 0 Å². The third kappa shape index (κ3) is 2.97. The summed E-state index contributed by atoms with van der Waals surface area (Å²) in [6.07, 6.45) is 2.24. The Balaban J connectivity index is 2.71. The molecule has 0 saturated carbocycles. The first kappa shape index (κ1) is 11.6. The topological polar surface area (TPSA) is 64.6 Å². The molecular weight excluding hydrogens is 198 g/mol. The molecule has 15 heavy (non-hydrogen) atoms. The van der Waals surface area contributed by atoms with Crippen molar-refractivity contribution < 1.29 is 19.1 Å². The van der Waals surface area contributed by atoms with Crippen molar-refractivity contribution in [2.45, 2.75) is 33.0 Å². The first-order chi connectivity index (χ1) is 6.96.